The highest BCUT2D eigenvalue weighted by Crippen LogP contribution is 2.24. The van der Waals surface area contributed by atoms with Crippen LogP contribution in [-0.4, -0.2) is 29.9 Å². The Morgan fingerprint density at radius 1 is 1.30 bits per heavy atom. The van der Waals surface area contributed by atoms with Crippen LogP contribution in [0.4, 0.5) is 8.78 Å². The van der Waals surface area contributed by atoms with E-state index in [0.29, 0.717) is 18.7 Å². The third kappa shape index (κ3) is 4.28. The van der Waals surface area contributed by atoms with Gasteiger partial charge in [-0.3, -0.25) is 4.79 Å². The Morgan fingerprint density at radius 3 is 2.61 bits per heavy atom. The number of nitrogens with zero attached hydrogens (tertiary/aromatic N) is 1. The van der Waals surface area contributed by atoms with Gasteiger partial charge in [0.15, 0.2) is 0 Å². The van der Waals surface area contributed by atoms with Crippen LogP contribution in [0.25, 0.3) is 0 Å². The zero-order valence-electron chi connectivity index (χ0n) is 14.3. The first-order valence-corrected chi connectivity index (χ1v) is 8.29. The molecule has 1 aromatic carbocycles. The average molecular weight is 324 g/mol. The van der Waals surface area contributed by atoms with Gasteiger partial charge in [0, 0.05) is 36.7 Å². The molecule has 1 aliphatic rings. The van der Waals surface area contributed by atoms with Crippen molar-refractivity contribution in [2.45, 2.75) is 46.2 Å². The lowest BCUT2D eigenvalue weighted by Crippen LogP contribution is -2.51. The van der Waals surface area contributed by atoms with Crippen LogP contribution in [0.5, 0.6) is 0 Å². The average Bonchev–Trinajstić information content (AvgIpc) is 2.50. The monoisotopic (exact) mass is 324 g/mol. The van der Waals surface area contributed by atoms with Gasteiger partial charge in [0.25, 0.3) is 0 Å². The van der Waals surface area contributed by atoms with Gasteiger partial charge in [0.1, 0.15) is 11.6 Å². The Labute approximate surface area is 137 Å². The molecule has 0 aliphatic carbocycles. The van der Waals surface area contributed by atoms with Gasteiger partial charge in [-0.05, 0) is 37.5 Å². The second-order valence-electron chi connectivity index (χ2n) is 6.87. The molecule has 2 rings (SSSR count). The summed E-state index contributed by atoms with van der Waals surface area (Å²) in [6, 6.07) is 3.45. The summed E-state index contributed by atoms with van der Waals surface area (Å²) in [6.45, 7) is 9.16. The van der Waals surface area contributed by atoms with E-state index in [1.165, 1.54) is 6.07 Å². The van der Waals surface area contributed by atoms with E-state index >= 15 is 0 Å². The molecule has 0 saturated carbocycles. The predicted molar refractivity (Wildman–Crippen MR) is 86.9 cm³/mol. The van der Waals surface area contributed by atoms with E-state index < -0.39 is 11.6 Å². The summed E-state index contributed by atoms with van der Waals surface area (Å²) in [6.07, 6.45) is 0.820. The number of amides is 1. The minimum Gasteiger partial charge on any atom is -0.342 e. The highest BCUT2D eigenvalue weighted by molar-refractivity contribution is 5.78. The molecular weight excluding hydrogens is 298 g/mol. The van der Waals surface area contributed by atoms with E-state index in [4.69, 9.17) is 0 Å². The van der Waals surface area contributed by atoms with Crippen LogP contribution < -0.4 is 5.32 Å². The molecule has 1 aliphatic heterocycles. The van der Waals surface area contributed by atoms with Crippen molar-refractivity contribution in [3.05, 3.63) is 35.4 Å². The minimum absolute atomic E-state index is 0.00650. The predicted octanol–water partition coefficient (Wildman–Crippen LogP) is 3.51. The van der Waals surface area contributed by atoms with Gasteiger partial charge in [0.05, 0.1) is 0 Å². The van der Waals surface area contributed by atoms with Gasteiger partial charge < -0.3 is 10.2 Å². The van der Waals surface area contributed by atoms with Gasteiger partial charge >= 0.3 is 0 Å². The molecule has 0 bridgehead atoms. The highest BCUT2D eigenvalue weighted by atomic mass is 19.1. The maximum absolute atomic E-state index is 13.9. The van der Waals surface area contributed by atoms with E-state index in [2.05, 4.69) is 12.2 Å². The fraction of sp³-hybridized carbons (Fsp3) is 0.611. The van der Waals surface area contributed by atoms with Gasteiger partial charge in [0.2, 0.25) is 5.91 Å². The topological polar surface area (TPSA) is 32.3 Å². The van der Waals surface area contributed by atoms with Crippen molar-refractivity contribution < 1.29 is 13.6 Å². The molecule has 1 saturated heterocycles. The summed E-state index contributed by atoms with van der Waals surface area (Å²) in [5, 5.41) is 3.40. The second kappa shape index (κ2) is 7.39. The van der Waals surface area contributed by atoms with Gasteiger partial charge in [-0.2, -0.15) is 0 Å². The lowest BCUT2D eigenvalue weighted by molar-refractivity contribution is -0.136. The molecular formula is C18H26F2N2O. The molecule has 23 heavy (non-hydrogen) atoms. The summed E-state index contributed by atoms with van der Waals surface area (Å²) >= 11 is 0. The van der Waals surface area contributed by atoms with Crippen molar-refractivity contribution in [2.24, 2.45) is 11.8 Å². The molecule has 1 fully saturated rings. The number of rotatable bonds is 4. The molecule has 0 aromatic heterocycles. The molecule has 1 amide bonds. The van der Waals surface area contributed by atoms with Crippen molar-refractivity contribution in [1.29, 1.82) is 0 Å². The van der Waals surface area contributed by atoms with Gasteiger partial charge in [-0.1, -0.05) is 20.8 Å². The van der Waals surface area contributed by atoms with Crippen molar-refractivity contribution in [1.82, 2.24) is 10.2 Å². The van der Waals surface area contributed by atoms with Crippen LogP contribution in [0, 0.1) is 23.5 Å². The molecule has 3 atom stereocenters. The molecule has 3 unspecified atom stereocenters. The van der Waals surface area contributed by atoms with Crippen LogP contribution in [0.3, 0.4) is 0 Å². The van der Waals surface area contributed by atoms with Crippen molar-refractivity contribution in [2.75, 3.05) is 13.1 Å². The number of piperidine rings is 1. The molecule has 5 heteroatoms. The third-order valence-corrected chi connectivity index (χ3v) is 4.60. The van der Waals surface area contributed by atoms with E-state index in [0.717, 1.165) is 18.6 Å². The summed E-state index contributed by atoms with van der Waals surface area (Å²) in [5.74, 6) is -0.371. The number of halogens is 2. The molecule has 1 heterocycles. The van der Waals surface area contributed by atoms with Crippen molar-refractivity contribution in [3.63, 3.8) is 0 Å². The first-order valence-electron chi connectivity index (χ1n) is 8.29. The summed E-state index contributed by atoms with van der Waals surface area (Å²) in [5.41, 5.74) is 0.345. The minimum atomic E-state index is -0.430. The number of nitrogens with one attached hydrogen (secondary N) is 1. The number of hydrogen-bond acceptors (Lipinski definition) is 2. The first kappa shape index (κ1) is 17.9. The Balaban J connectivity index is 1.99. The van der Waals surface area contributed by atoms with Gasteiger partial charge in [-0.15, -0.1) is 0 Å². The zero-order valence-corrected chi connectivity index (χ0v) is 14.3. The Kier molecular flexibility index (Phi) is 5.74. The van der Waals surface area contributed by atoms with Crippen LogP contribution in [-0.2, 0) is 4.79 Å². The number of carbonyl (C=O) groups excluding carboxylic acids is 1. The second-order valence-corrected chi connectivity index (χ2v) is 6.87. The number of benzene rings is 1. The highest BCUT2D eigenvalue weighted by Gasteiger charge is 2.30. The summed E-state index contributed by atoms with van der Waals surface area (Å²) in [4.78, 5) is 14.0. The smallest absolute Gasteiger partial charge is 0.225 e. The SMILES string of the molecule is CC(C)C(=O)N1CCC(NC(C)c2cc(F)ccc2F)C(C)C1. The van der Waals surface area contributed by atoms with Crippen molar-refractivity contribution in [3.8, 4) is 0 Å². The van der Waals surface area contributed by atoms with Crippen LogP contribution in [0.15, 0.2) is 18.2 Å². The van der Waals surface area contributed by atoms with E-state index in [-0.39, 0.29) is 29.8 Å². The van der Waals surface area contributed by atoms with Crippen LogP contribution in [0.1, 0.15) is 45.7 Å². The lowest BCUT2D eigenvalue weighted by atomic mass is 9.91. The van der Waals surface area contributed by atoms with Crippen molar-refractivity contribution >= 4 is 5.91 Å². The number of likely N-dealkylation sites (tertiary alicyclic amines) is 1. The molecule has 3 nitrogen and oxygen atoms in total. The third-order valence-electron chi connectivity index (χ3n) is 4.60. The quantitative estimate of drug-likeness (QED) is 0.919. The maximum Gasteiger partial charge on any atom is 0.225 e. The van der Waals surface area contributed by atoms with Gasteiger partial charge in [-0.25, -0.2) is 8.78 Å². The molecule has 128 valence electrons. The number of carbonyl (C=O) groups is 1. The Morgan fingerprint density at radius 2 is 2.00 bits per heavy atom. The van der Waals surface area contributed by atoms with E-state index in [1.807, 2.05) is 25.7 Å². The molecule has 1 N–H and O–H groups in total. The summed E-state index contributed by atoms with van der Waals surface area (Å²) in [7, 11) is 0. The Hall–Kier alpha value is -1.49. The zero-order chi connectivity index (χ0) is 17.1. The first-order chi connectivity index (χ1) is 10.8. The standard InChI is InChI=1S/C18H26F2N2O/c1-11(2)18(23)22-8-7-17(12(3)10-22)21-13(4)15-9-14(19)5-6-16(15)20/h5-6,9,11-13,17,21H,7-8,10H2,1-4H3. The fourth-order valence-corrected chi connectivity index (χ4v) is 3.22. The number of hydrogen-bond donors (Lipinski definition) is 1. The fourth-order valence-electron chi connectivity index (χ4n) is 3.22. The van der Waals surface area contributed by atoms with E-state index in [1.54, 1.807) is 0 Å². The Bertz CT molecular complexity index is 562. The van der Waals surface area contributed by atoms with Crippen LogP contribution in [0.2, 0.25) is 0 Å². The molecule has 0 radical (unpaired) electrons. The molecule has 1 aromatic rings. The lowest BCUT2D eigenvalue weighted by Gasteiger charge is -2.39. The largest absolute Gasteiger partial charge is 0.342 e. The van der Waals surface area contributed by atoms with E-state index in [9.17, 15) is 13.6 Å². The van der Waals surface area contributed by atoms with Crippen LogP contribution >= 0.6 is 0 Å². The maximum atomic E-state index is 13.9. The summed E-state index contributed by atoms with van der Waals surface area (Å²) < 4.78 is 27.2. The molecule has 0 spiro atoms. The normalized spacial score (nSPS) is 23.2.